The molecule has 2 saturated heterocycles. The van der Waals surface area contributed by atoms with Crippen molar-refractivity contribution in [3.63, 3.8) is 0 Å². The van der Waals surface area contributed by atoms with Crippen molar-refractivity contribution in [1.82, 2.24) is 10.2 Å². The average molecular weight is 220 g/mol. The molecule has 16 heavy (non-hydrogen) atoms. The van der Waals surface area contributed by atoms with Crippen LogP contribution < -0.4 is 5.32 Å². The van der Waals surface area contributed by atoms with Gasteiger partial charge in [0.05, 0.1) is 0 Å². The van der Waals surface area contributed by atoms with Crippen LogP contribution in [0.3, 0.4) is 0 Å². The van der Waals surface area contributed by atoms with Crippen molar-refractivity contribution in [3.05, 3.63) is 11.1 Å². The van der Waals surface area contributed by atoms with Gasteiger partial charge in [0.25, 0.3) is 0 Å². The topological polar surface area (TPSA) is 15.3 Å². The maximum Gasteiger partial charge on any atom is 0.0196 e. The lowest BCUT2D eigenvalue weighted by Crippen LogP contribution is -2.44. The Morgan fingerprint density at radius 3 is 2.81 bits per heavy atom. The van der Waals surface area contributed by atoms with E-state index in [1.54, 1.807) is 11.1 Å². The SMILES string of the molecule is CC(CN1CCCC2CCCC21)=C1CNC1. The van der Waals surface area contributed by atoms with Crippen molar-refractivity contribution < 1.29 is 0 Å². The van der Waals surface area contributed by atoms with Crippen molar-refractivity contribution in [1.29, 1.82) is 0 Å². The van der Waals surface area contributed by atoms with Crippen LogP contribution in [0.2, 0.25) is 0 Å². The highest BCUT2D eigenvalue weighted by molar-refractivity contribution is 5.22. The summed E-state index contributed by atoms with van der Waals surface area (Å²) in [7, 11) is 0. The average Bonchev–Trinajstić information content (AvgIpc) is 2.63. The molecular weight excluding hydrogens is 196 g/mol. The first-order chi connectivity index (χ1) is 7.84. The molecule has 1 saturated carbocycles. The molecule has 0 radical (unpaired) electrons. The highest BCUT2D eigenvalue weighted by atomic mass is 15.2. The van der Waals surface area contributed by atoms with Crippen molar-refractivity contribution in [3.8, 4) is 0 Å². The molecule has 1 N–H and O–H groups in total. The highest BCUT2D eigenvalue weighted by Gasteiger charge is 2.34. The first-order valence-corrected chi connectivity index (χ1v) is 6.97. The Morgan fingerprint density at radius 1 is 1.25 bits per heavy atom. The fourth-order valence-electron chi connectivity index (χ4n) is 3.72. The molecule has 2 aliphatic heterocycles. The molecule has 3 rings (SSSR count). The van der Waals surface area contributed by atoms with E-state index in [4.69, 9.17) is 0 Å². The second-order valence-electron chi connectivity index (χ2n) is 5.86. The lowest BCUT2D eigenvalue weighted by Gasteiger charge is -2.38. The van der Waals surface area contributed by atoms with E-state index in [9.17, 15) is 0 Å². The van der Waals surface area contributed by atoms with Gasteiger partial charge in [0, 0.05) is 25.7 Å². The van der Waals surface area contributed by atoms with Crippen molar-refractivity contribution in [2.75, 3.05) is 26.2 Å². The minimum atomic E-state index is 0.928. The van der Waals surface area contributed by atoms with Crippen LogP contribution in [0.15, 0.2) is 11.1 Å². The molecule has 3 fully saturated rings. The maximum absolute atomic E-state index is 3.35. The number of piperidine rings is 1. The number of hydrogen-bond donors (Lipinski definition) is 1. The molecule has 2 unspecified atom stereocenters. The van der Waals surface area contributed by atoms with E-state index < -0.39 is 0 Å². The third-order valence-electron chi connectivity index (χ3n) is 4.83. The minimum absolute atomic E-state index is 0.928. The summed E-state index contributed by atoms with van der Waals surface area (Å²) in [6.07, 6.45) is 7.37. The summed E-state index contributed by atoms with van der Waals surface area (Å²) in [6, 6.07) is 0.928. The Hall–Kier alpha value is -0.340. The van der Waals surface area contributed by atoms with Crippen LogP contribution in [0.1, 0.15) is 39.0 Å². The normalized spacial score (nSPS) is 34.7. The van der Waals surface area contributed by atoms with Crippen LogP contribution in [0.25, 0.3) is 0 Å². The van der Waals surface area contributed by atoms with Crippen LogP contribution in [-0.2, 0) is 0 Å². The number of rotatable bonds is 2. The molecule has 3 aliphatic rings. The van der Waals surface area contributed by atoms with E-state index in [0.29, 0.717) is 0 Å². The van der Waals surface area contributed by atoms with E-state index in [1.165, 1.54) is 45.2 Å². The predicted molar refractivity (Wildman–Crippen MR) is 67.5 cm³/mol. The molecule has 2 nitrogen and oxygen atoms in total. The fraction of sp³-hybridized carbons (Fsp3) is 0.857. The maximum atomic E-state index is 3.35. The van der Waals surface area contributed by atoms with Gasteiger partial charge >= 0.3 is 0 Å². The number of nitrogens with zero attached hydrogens (tertiary/aromatic N) is 1. The van der Waals surface area contributed by atoms with E-state index in [1.807, 2.05) is 0 Å². The van der Waals surface area contributed by atoms with Gasteiger partial charge in [0.1, 0.15) is 0 Å². The van der Waals surface area contributed by atoms with Crippen LogP contribution in [0.4, 0.5) is 0 Å². The number of fused-ring (bicyclic) bond motifs is 1. The molecule has 0 bridgehead atoms. The second-order valence-corrected chi connectivity index (χ2v) is 5.86. The van der Waals surface area contributed by atoms with Crippen LogP contribution >= 0.6 is 0 Å². The van der Waals surface area contributed by atoms with Crippen LogP contribution in [0, 0.1) is 5.92 Å². The summed E-state index contributed by atoms with van der Waals surface area (Å²) < 4.78 is 0. The minimum Gasteiger partial charge on any atom is -0.309 e. The molecule has 90 valence electrons. The predicted octanol–water partition coefficient (Wildman–Crippen LogP) is 2.17. The van der Waals surface area contributed by atoms with Gasteiger partial charge < -0.3 is 5.32 Å². The Bertz CT molecular complexity index is 289. The van der Waals surface area contributed by atoms with Gasteiger partial charge in [-0.25, -0.2) is 0 Å². The van der Waals surface area contributed by atoms with Gasteiger partial charge in [-0.3, -0.25) is 4.90 Å². The van der Waals surface area contributed by atoms with Crippen molar-refractivity contribution >= 4 is 0 Å². The first-order valence-electron chi connectivity index (χ1n) is 6.97. The molecule has 0 aromatic rings. The summed E-state index contributed by atoms with van der Waals surface area (Å²) in [6.45, 7) is 7.23. The lowest BCUT2D eigenvalue weighted by molar-refractivity contribution is 0.124. The Labute approximate surface area is 99.1 Å². The molecule has 0 aromatic heterocycles. The third-order valence-corrected chi connectivity index (χ3v) is 4.83. The Morgan fingerprint density at radius 2 is 2.06 bits per heavy atom. The number of hydrogen-bond acceptors (Lipinski definition) is 2. The number of nitrogens with one attached hydrogen (secondary N) is 1. The van der Waals surface area contributed by atoms with Gasteiger partial charge in [-0.05, 0) is 50.6 Å². The quantitative estimate of drug-likeness (QED) is 0.718. The van der Waals surface area contributed by atoms with Gasteiger partial charge in [-0.15, -0.1) is 0 Å². The Balaban J connectivity index is 1.65. The molecule has 1 aliphatic carbocycles. The van der Waals surface area contributed by atoms with E-state index in [-0.39, 0.29) is 0 Å². The first kappa shape index (κ1) is 10.8. The summed E-state index contributed by atoms with van der Waals surface area (Å²) in [5, 5.41) is 3.35. The summed E-state index contributed by atoms with van der Waals surface area (Å²) in [5.74, 6) is 1.03. The van der Waals surface area contributed by atoms with Gasteiger partial charge in [-0.1, -0.05) is 12.0 Å². The van der Waals surface area contributed by atoms with Gasteiger partial charge in [-0.2, -0.15) is 0 Å². The summed E-state index contributed by atoms with van der Waals surface area (Å²) >= 11 is 0. The van der Waals surface area contributed by atoms with E-state index in [0.717, 1.165) is 25.0 Å². The van der Waals surface area contributed by atoms with Gasteiger partial charge in [0.2, 0.25) is 0 Å². The lowest BCUT2D eigenvalue weighted by atomic mass is 9.91. The monoisotopic (exact) mass is 220 g/mol. The van der Waals surface area contributed by atoms with E-state index >= 15 is 0 Å². The smallest absolute Gasteiger partial charge is 0.0196 e. The standard InChI is InChI=1S/C14H24N2/c1-11(13-8-15-9-13)10-16-7-3-5-12-4-2-6-14(12)16/h12,14-15H,2-10H2,1H3. The zero-order valence-corrected chi connectivity index (χ0v) is 10.5. The molecule has 0 amide bonds. The van der Waals surface area contributed by atoms with Gasteiger partial charge in [0.15, 0.2) is 0 Å². The van der Waals surface area contributed by atoms with Crippen LogP contribution in [-0.4, -0.2) is 37.1 Å². The Kier molecular flexibility index (Phi) is 3.03. The number of likely N-dealkylation sites (tertiary alicyclic amines) is 1. The molecule has 2 heteroatoms. The largest absolute Gasteiger partial charge is 0.309 e. The fourth-order valence-corrected chi connectivity index (χ4v) is 3.72. The zero-order valence-electron chi connectivity index (χ0n) is 10.5. The summed E-state index contributed by atoms with van der Waals surface area (Å²) in [4.78, 5) is 2.78. The molecule has 0 aromatic carbocycles. The molecular formula is C14H24N2. The van der Waals surface area contributed by atoms with Crippen LogP contribution in [0.5, 0.6) is 0 Å². The molecule has 2 heterocycles. The molecule has 2 atom stereocenters. The van der Waals surface area contributed by atoms with Crippen molar-refractivity contribution in [2.45, 2.75) is 45.1 Å². The second kappa shape index (κ2) is 4.50. The van der Waals surface area contributed by atoms with E-state index in [2.05, 4.69) is 17.1 Å². The highest BCUT2D eigenvalue weighted by Crippen LogP contribution is 2.37. The third kappa shape index (κ3) is 1.93. The molecule has 0 spiro atoms. The summed E-state index contributed by atoms with van der Waals surface area (Å²) in [5.41, 5.74) is 3.31. The van der Waals surface area contributed by atoms with Crippen molar-refractivity contribution in [2.24, 2.45) is 5.92 Å². The zero-order chi connectivity index (χ0) is 11.0.